The summed E-state index contributed by atoms with van der Waals surface area (Å²) in [7, 11) is 0. The monoisotopic (exact) mass is 558 g/mol. The Morgan fingerprint density at radius 1 is 0.550 bits per heavy atom. The Labute approximate surface area is 238 Å². The van der Waals surface area contributed by atoms with E-state index in [2.05, 4.69) is 33.2 Å². The van der Waals surface area contributed by atoms with Crippen LogP contribution in [0.4, 0.5) is 0 Å². The molecule has 0 bridgehead atoms. The minimum atomic E-state index is -0.287. The normalized spacial score (nSPS) is 11.5. The second-order valence-electron chi connectivity index (χ2n) is 8.93. The van der Waals surface area contributed by atoms with Crippen molar-refractivity contribution in [1.29, 1.82) is 0 Å². The van der Waals surface area contributed by atoms with Gasteiger partial charge in [-0.2, -0.15) is 10.2 Å². The molecule has 0 aliphatic rings. The first-order valence-corrected chi connectivity index (χ1v) is 14.2. The highest BCUT2D eigenvalue weighted by Gasteiger charge is 2.08. The Balaban J connectivity index is 1.05. The number of thiophene rings is 2. The molecule has 0 unspecified atom stereocenters. The number of carbonyl (C=O) groups excluding carboxylic acids is 2. The predicted octanol–water partition coefficient (Wildman–Crippen LogP) is 7.31. The van der Waals surface area contributed by atoms with Gasteiger partial charge in [-0.25, -0.2) is 10.9 Å². The van der Waals surface area contributed by atoms with Crippen molar-refractivity contribution in [3.63, 3.8) is 0 Å². The van der Waals surface area contributed by atoms with E-state index in [1.807, 2.05) is 71.4 Å². The largest absolute Gasteiger partial charge is 0.271 e. The SMILES string of the molecule is O=C(N/N=C/c1csc2ccccc12)c1ccc(-c2ccc(C(=O)N/N=C/c3csc4ccccc34)cc2)cc1. The van der Waals surface area contributed by atoms with Crippen LogP contribution in [-0.2, 0) is 0 Å². The molecular formula is C32H22N4O2S2. The molecule has 0 radical (unpaired) electrons. The molecular weight excluding hydrogens is 537 g/mol. The zero-order valence-electron chi connectivity index (χ0n) is 21.1. The first-order valence-electron chi connectivity index (χ1n) is 12.5. The lowest BCUT2D eigenvalue weighted by atomic mass is 10.0. The van der Waals surface area contributed by atoms with Crippen molar-refractivity contribution >= 4 is 67.1 Å². The third-order valence-corrected chi connectivity index (χ3v) is 8.35. The van der Waals surface area contributed by atoms with Crippen LogP contribution >= 0.6 is 22.7 Å². The second-order valence-corrected chi connectivity index (χ2v) is 10.7. The number of nitrogens with one attached hydrogen (secondary N) is 2. The van der Waals surface area contributed by atoms with Crippen molar-refractivity contribution in [3.8, 4) is 11.1 Å². The average Bonchev–Trinajstić information content (AvgIpc) is 3.61. The number of fused-ring (bicyclic) bond motifs is 2. The molecule has 2 N–H and O–H groups in total. The third kappa shape index (κ3) is 5.44. The van der Waals surface area contributed by atoms with Crippen LogP contribution in [-0.4, -0.2) is 24.2 Å². The highest BCUT2D eigenvalue weighted by molar-refractivity contribution is 7.17. The fraction of sp³-hybridized carbons (Fsp3) is 0. The fourth-order valence-electron chi connectivity index (χ4n) is 4.27. The van der Waals surface area contributed by atoms with Crippen LogP contribution in [0, 0.1) is 0 Å². The van der Waals surface area contributed by atoms with E-state index in [0.717, 1.165) is 33.0 Å². The lowest BCUT2D eigenvalue weighted by Crippen LogP contribution is -2.17. The van der Waals surface area contributed by atoms with Gasteiger partial charge < -0.3 is 0 Å². The lowest BCUT2D eigenvalue weighted by Gasteiger charge is -2.05. The first-order chi connectivity index (χ1) is 19.7. The van der Waals surface area contributed by atoms with E-state index in [1.54, 1.807) is 59.4 Å². The van der Waals surface area contributed by atoms with Crippen molar-refractivity contribution in [2.24, 2.45) is 10.2 Å². The summed E-state index contributed by atoms with van der Waals surface area (Å²) in [5.74, 6) is -0.573. The highest BCUT2D eigenvalue weighted by atomic mass is 32.1. The Hall–Kier alpha value is -4.92. The molecule has 6 nitrogen and oxygen atoms in total. The molecule has 0 saturated heterocycles. The quantitative estimate of drug-likeness (QED) is 0.159. The van der Waals surface area contributed by atoms with E-state index < -0.39 is 0 Å². The van der Waals surface area contributed by atoms with Gasteiger partial charge in [-0.3, -0.25) is 9.59 Å². The van der Waals surface area contributed by atoms with Crippen molar-refractivity contribution in [2.45, 2.75) is 0 Å². The minimum absolute atomic E-state index is 0.287. The van der Waals surface area contributed by atoms with Crippen molar-refractivity contribution in [2.75, 3.05) is 0 Å². The number of hydrogen-bond acceptors (Lipinski definition) is 6. The number of nitrogens with zero attached hydrogens (tertiary/aromatic N) is 2. The summed E-state index contributed by atoms with van der Waals surface area (Å²) in [5.41, 5.74) is 9.99. The van der Waals surface area contributed by atoms with E-state index in [9.17, 15) is 9.59 Å². The third-order valence-electron chi connectivity index (χ3n) is 6.39. The Kier molecular flexibility index (Phi) is 7.26. The minimum Gasteiger partial charge on any atom is -0.267 e. The highest BCUT2D eigenvalue weighted by Crippen LogP contribution is 2.25. The van der Waals surface area contributed by atoms with Crippen LogP contribution in [0.3, 0.4) is 0 Å². The number of hydrazone groups is 2. The predicted molar refractivity (Wildman–Crippen MR) is 166 cm³/mol. The summed E-state index contributed by atoms with van der Waals surface area (Å²) in [6.07, 6.45) is 3.33. The van der Waals surface area contributed by atoms with E-state index in [4.69, 9.17) is 0 Å². The number of rotatable bonds is 7. The fourth-order valence-corrected chi connectivity index (χ4v) is 6.10. The molecule has 2 heterocycles. The van der Waals surface area contributed by atoms with E-state index in [0.29, 0.717) is 11.1 Å². The molecule has 0 spiro atoms. The molecule has 2 aromatic heterocycles. The molecule has 194 valence electrons. The summed E-state index contributed by atoms with van der Waals surface area (Å²) in [4.78, 5) is 25.1. The molecule has 0 aliphatic carbocycles. The van der Waals surface area contributed by atoms with Crippen LogP contribution in [0.15, 0.2) is 118 Å². The van der Waals surface area contributed by atoms with Gasteiger partial charge in [0, 0.05) is 53.2 Å². The molecule has 6 rings (SSSR count). The molecule has 0 fully saturated rings. The van der Waals surface area contributed by atoms with Gasteiger partial charge in [-0.1, -0.05) is 60.7 Å². The van der Waals surface area contributed by atoms with Gasteiger partial charge in [0.2, 0.25) is 0 Å². The maximum Gasteiger partial charge on any atom is 0.271 e. The van der Waals surface area contributed by atoms with Crippen LogP contribution in [0.2, 0.25) is 0 Å². The number of hydrogen-bond donors (Lipinski definition) is 2. The van der Waals surface area contributed by atoms with Gasteiger partial charge in [-0.05, 0) is 47.5 Å². The molecule has 0 saturated carbocycles. The van der Waals surface area contributed by atoms with Gasteiger partial charge in [0.05, 0.1) is 12.4 Å². The van der Waals surface area contributed by atoms with E-state index >= 15 is 0 Å². The maximum absolute atomic E-state index is 12.6. The van der Waals surface area contributed by atoms with E-state index in [1.165, 1.54) is 9.40 Å². The van der Waals surface area contributed by atoms with E-state index in [-0.39, 0.29) is 11.8 Å². The lowest BCUT2D eigenvalue weighted by molar-refractivity contribution is 0.0947. The van der Waals surface area contributed by atoms with Crippen molar-refractivity contribution < 1.29 is 9.59 Å². The Morgan fingerprint density at radius 2 is 0.950 bits per heavy atom. The molecule has 0 aliphatic heterocycles. The zero-order chi connectivity index (χ0) is 27.3. The number of amides is 2. The van der Waals surface area contributed by atoms with Gasteiger partial charge in [0.25, 0.3) is 11.8 Å². The molecule has 4 aromatic carbocycles. The number of benzene rings is 4. The smallest absolute Gasteiger partial charge is 0.267 e. The van der Waals surface area contributed by atoms with Gasteiger partial charge in [0.15, 0.2) is 0 Å². The van der Waals surface area contributed by atoms with Crippen molar-refractivity contribution in [1.82, 2.24) is 10.9 Å². The van der Waals surface area contributed by atoms with Gasteiger partial charge >= 0.3 is 0 Å². The summed E-state index contributed by atoms with van der Waals surface area (Å²) in [5, 5.41) is 14.5. The summed E-state index contributed by atoms with van der Waals surface area (Å²) in [6, 6.07) is 30.7. The Bertz CT molecular complexity index is 1740. The zero-order valence-corrected chi connectivity index (χ0v) is 22.7. The summed E-state index contributed by atoms with van der Waals surface area (Å²) >= 11 is 3.28. The van der Waals surface area contributed by atoms with Crippen LogP contribution in [0.25, 0.3) is 31.3 Å². The average molecular weight is 559 g/mol. The maximum atomic E-state index is 12.6. The number of carbonyl (C=O) groups is 2. The van der Waals surface area contributed by atoms with Gasteiger partial charge in [-0.15, -0.1) is 22.7 Å². The molecule has 40 heavy (non-hydrogen) atoms. The molecule has 6 aromatic rings. The molecule has 0 atom stereocenters. The molecule has 2 amide bonds. The topological polar surface area (TPSA) is 82.9 Å². The summed E-state index contributed by atoms with van der Waals surface area (Å²) in [6.45, 7) is 0. The van der Waals surface area contributed by atoms with Crippen LogP contribution in [0.5, 0.6) is 0 Å². The van der Waals surface area contributed by atoms with Crippen molar-refractivity contribution in [3.05, 3.63) is 130 Å². The second kappa shape index (κ2) is 11.4. The van der Waals surface area contributed by atoms with Gasteiger partial charge in [0.1, 0.15) is 0 Å². The van der Waals surface area contributed by atoms with Crippen LogP contribution in [0.1, 0.15) is 31.8 Å². The van der Waals surface area contributed by atoms with Crippen LogP contribution < -0.4 is 10.9 Å². The summed E-state index contributed by atoms with van der Waals surface area (Å²) < 4.78 is 2.35. The molecule has 8 heteroatoms. The first kappa shape index (κ1) is 25.4. The Morgan fingerprint density at radius 3 is 1.38 bits per heavy atom. The standard InChI is InChI=1S/C32H22N4O2S2/c37-31(35-33-17-25-19-39-29-7-3-1-5-27(25)29)23-13-9-21(10-14-23)22-11-15-24(16-12-22)32(38)36-34-18-26-20-40-30-8-4-2-6-28(26)30/h1-20H,(H,35,37)(H,36,38)/b33-17+,34-18+.